The van der Waals surface area contributed by atoms with Crippen molar-refractivity contribution in [2.24, 2.45) is 11.0 Å². The minimum atomic E-state index is -0.316. The Morgan fingerprint density at radius 3 is 2.47 bits per heavy atom. The van der Waals surface area contributed by atoms with E-state index in [-0.39, 0.29) is 11.6 Å². The molecule has 0 atom stereocenters. The van der Waals surface area contributed by atoms with Crippen LogP contribution in [0.1, 0.15) is 46.5 Å². The molecule has 1 fully saturated rings. The zero-order valence-corrected chi connectivity index (χ0v) is 11.1. The predicted octanol–water partition coefficient (Wildman–Crippen LogP) is 1.80. The van der Waals surface area contributed by atoms with Crippen LogP contribution in [-0.2, 0) is 4.84 Å². The van der Waals surface area contributed by atoms with Gasteiger partial charge in [0.05, 0.1) is 17.1 Å². The van der Waals surface area contributed by atoms with E-state index in [0.29, 0.717) is 18.1 Å². The Kier molecular flexibility index (Phi) is 4.99. The van der Waals surface area contributed by atoms with Gasteiger partial charge in [-0.05, 0) is 46.5 Å². The molecule has 6 nitrogen and oxygen atoms in total. The summed E-state index contributed by atoms with van der Waals surface area (Å²) >= 11 is 0. The van der Waals surface area contributed by atoms with E-state index in [4.69, 9.17) is 10.6 Å². The fourth-order valence-corrected chi connectivity index (χ4v) is 1.94. The van der Waals surface area contributed by atoms with Gasteiger partial charge in [-0.25, -0.2) is 0 Å². The van der Waals surface area contributed by atoms with Crippen LogP contribution in [0.15, 0.2) is 5.28 Å². The summed E-state index contributed by atoms with van der Waals surface area (Å²) in [6.07, 6.45) is 4.40. The van der Waals surface area contributed by atoms with Crippen molar-refractivity contribution < 1.29 is 9.81 Å². The van der Waals surface area contributed by atoms with E-state index >= 15 is 0 Å². The Bertz CT molecular complexity index is 257. The van der Waals surface area contributed by atoms with E-state index < -0.39 is 0 Å². The summed E-state index contributed by atoms with van der Waals surface area (Å²) in [6, 6.07) is 0. The maximum Gasteiger partial charge on any atom is 0.233 e. The largest absolute Gasteiger partial charge is 0.569 e. The minimum Gasteiger partial charge on any atom is -0.569 e. The number of rotatable bonds is 5. The van der Waals surface area contributed by atoms with Gasteiger partial charge in [-0.3, -0.25) is 0 Å². The van der Waals surface area contributed by atoms with Crippen molar-refractivity contribution in [1.82, 2.24) is 5.01 Å². The quantitative estimate of drug-likeness (QED) is 0.454. The molecule has 0 aromatic rings. The van der Waals surface area contributed by atoms with E-state index in [1.54, 1.807) is 5.01 Å². The first-order valence-corrected chi connectivity index (χ1v) is 6.27. The Morgan fingerprint density at radius 2 is 2.00 bits per heavy atom. The second kappa shape index (κ2) is 6.05. The zero-order valence-electron chi connectivity index (χ0n) is 11.1. The number of hydrogen-bond acceptors (Lipinski definition) is 4. The molecular weight excluding hydrogens is 220 g/mol. The molecule has 2 N–H and O–H groups in total. The topological polar surface area (TPSA) is 76.9 Å². The van der Waals surface area contributed by atoms with Crippen molar-refractivity contribution in [2.75, 3.05) is 13.1 Å². The summed E-state index contributed by atoms with van der Waals surface area (Å²) < 4.78 is 0. The van der Waals surface area contributed by atoms with Crippen LogP contribution in [-0.4, -0.2) is 34.7 Å². The molecule has 0 spiro atoms. The molecule has 0 amide bonds. The summed E-state index contributed by atoms with van der Waals surface area (Å²) in [5.74, 6) is 0. The van der Waals surface area contributed by atoms with Crippen LogP contribution in [0, 0.1) is 5.21 Å². The Labute approximate surface area is 103 Å². The molecule has 0 bridgehead atoms. The van der Waals surface area contributed by atoms with Crippen LogP contribution < -0.4 is 5.73 Å². The lowest BCUT2D eigenvalue weighted by molar-refractivity contribution is -0.725. The summed E-state index contributed by atoms with van der Waals surface area (Å²) in [5.41, 5.74) is 5.18. The molecule has 1 aliphatic rings. The van der Waals surface area contributed by atoms with Gasteiger partial charge in [0.1, 0.15) is 6.10 Å². The van der Waals surface area contributed by atoms with Gasteiger partial charge in [0.15, 0.2) is 0 Å². The smallest absolute Gasteiger partial charge is 0.233 e. The molecule has 1 rings (SSSR count). The highest BCUT2D eigenvalue weighted by molar-refractivity contribution is 4.69. The maximum atomic E-state index is 11.8. The molecule has 0 aliphatic heterocycles. The van der Waals surface area contributed by atoms with Crippen molar-refractivity contribution in [1.29, 1.82) is 0 Å². The highest BCUT2D eigenvalue weighted by Crippen LogP contribution is 2.21. The Balaban J connectivity index is 2.56. The fraction of sp³-hybridized carbons (Fsp3) is 1.00. The molecule has 1 aliphatic carbocycles. The summed E-state index contributed by atoms with van der Waals surface area (Å²) in [7, 11) is 0. The van der Waals surface area contributed by atoms with Crippen LogP contribution in [0.2, 0.25) is 0 Å². The summed E-state index contributed by atoms with van der Waals surface area (Å²) in [5, 5.41) is 17.0. The molecule has 0 aromatic heterocycles. The third kappa shape index (κ3) is 4.38. The minimum absolute atomic E-state index is 0.103. The van der Waals surface area contributed by atoms with Crippen LogP contribution >= 0.6 is 0 Å². The lowest BCUT2D eigenvalue weighted by atomic mass is 10.1. The molecule has 17 heavy (non-hydrogen) atoms. The SMILES string of the molecule is CC(C)(C)N(CCN)/[N+]([O-])=N/OC1CCCC1. The van der Waals surface area contributed by atoms with E-state index in [2.05, 4.69) is 5.28 Å². The van der Waals surface area contributed by atoms with Crippen LogP contribution in [0.3, 0.4) is 0 Å². The molecule has 0 aromatic carbocycles. The second-order valence-electron chi connectivity index (χ2n) is 5.43. The first-order chi connectivity index (χ1) is 7.95. The first kappa shape index (κ1) is 14.0. The first-order valence-electron chi connectivity index (χ1n) is 6.27. The molecule has 0 unspecified atom stereocenters. The number of nitrogens with two attached hydrogens (primary N) is 1. The predicted molar refractivity (Wildman–Crippen MR) is 64.9 cm³/mol. The van der Waals surface area contributed by atoms with Gasteiger partial charge < -0.3 is 15.8 Å². The van der Waals surface area contributed by atoms with Crippen molar-refractivity contribution in [3.63, 3.8) is 0 Å². The highest BCUT2D eigenvalue weighted by atomic mass is 16.7. The van der Waals surface area contributed by atoms with Crippen molar-refractivity contribution in [3.8, 4) is 0 Å². The van der Waals surface area contributed by atoms with Crippen LogP contribution in [0.25, 0.3) is 0 Å². The van der Waals surface area contributed by atoms with Gasteiger partial charge in [-0.2, -0.15) is 0 Å². The number of nitrogens with zero attached hydrogens (tertiary/aromatic N) is 3. The van der Waals surface area contributed by atoms with Crippen molar-refractivity contribution in [2.45, 2.75) is 58.1 Å². The van der Waals surface area contributed by atoms with E-state index in [0.717, 1.165) is 25.7 Å². The third-order valence-corrected chi connectivity index (χ3v) is 2.89. The highest BCUT2D eigenvalue weighted by Gasteiger charge is 2.28. The standard InChI is InChI=1S/C11H24N4O2/c1-11(2,3)14(9-8-12)15(16)13-17-10-6-4-5-7-10/h10H,4-9,12H2,1-3H3/b15-13-. The van der Waals surface area contributed by atoms with E-state index in [9.17, 15) is 5.21 Å². The van der Waals surface area contributed by atoms with Gasteiger partial charge >= 0.3 is 0 Å². The van der Waals surface area contributed by atoms with Gasteiger partial charge in [0.25, 0.3) is 0 Å². The monoisotopic (exact) mass is 244 g/mol. The molecular formula is C11H24N4O2. The van der Waals surface area contributed by atoms with Crippen LogP contribution in [0.5, 0.6) is 0 Å². The summed E-state index contributed by atoms with van der Waals surface area (Å²) in [4.78, 5) is 5.78. The molecule has 0 saturated heterocycles. The average molecular weight is 244 g/mol. The molecule has 0 heterocycles. The maximum absolute atomic E-state index is 11.8. The fourth-order valence-electron chi connectivity index (χ4n) is 1.94. The molecule has 0 radical (unpaired) electrons. The van der Waals surface area contributed by atoms with Crippen LogP contribution in [0.4, 0.5) is 0 Å². The normalized spacial score (nSPS) is 18.5. The van der Waals surface area contributed by atoms with Crippen molar-refractivity contribution >= 4 is 0 Å². The molecule has 1 saturated carbocycles. The van der Waals surface area contributed by atoms with Gasteiger partial charge in [-0.15, -0.1) is 5.01 Å². The second-order valence-corrected chi connectivity index (χ2v) is 5.43. The van der Waals surface area contributed by atoms with Gasteiger partial charge in [0, 0.05) is 6.54 Å². The number of hydrogen-bond donors (Lipinski definition) is 1. The lowest BCUT2D eigenvalue weighted by Crippen LogP contribution is -2.48. The van der Waals surface area contributed by atoms with E-state index in [1.807, 2.05) is 20.8 Å². The Hall–Kier alpha value is -1.04. The zero-order chi connectivity index (χ0) is 12.9. The molecule has 6 heteroatoms. The van der Waals surface area contributed by atoms with Gasteiger partial charge in [0.2, 0.25) is 5.28 Å². The van der Waals surface area contributed by atoms with Gasteiger partial charge in [-0.1, -0.05) is 0 Å². The third-order valence-electron chi connectivity index (χ3n) is 2.89. The van der Waals surface area contributed by atoms with E-state index in [1.165, 1.54) is 0 Å². The van der Waals surface area contributed by atoms with Crippen molar-refractivity contribution in [3.05, 3.63) is 5.21 Å². The molecule has 100 valence electrons. The Morgan fingerprint density at radius 1 is 1.41 bits per heavy atom. The lowest BCUT2D eigenvalue weighted by Gasteiger charge is -2.29. The number of hydrazine groups is 1. The average Bonchev–Trinajstić information content (AvgIpc) is 2.73. The summed E-state index contributed by atoms with van der Waals surface area (Å²) in [6.45, 7) is 6.70.